The number of nitrogens with one attached hydrogen (secondary N) is 1. The summed E-state index contributed by atoms with van der Waals surface area (Å²) in [6.45, 7) is 2.37. The molecule has 130 valence electrons. The molecule has 2 aliphatic rings. The number of carboxylic acid groups (broad SMARTS) is 1. The highest BCUT2D eigenvalue weighted by atomic mass is 16.5. The second-order valence-electron chi connectivity index (χ2n) is 6.74. The number of benzene rings is 1. The quantitative estimate of drug-likeness (QED) is 0.899. The monoisotopic (exact) mass is 339 g/mol. The Morgan fingerprint density at radius 3 is 3.08 bits per heavy atom. The number of aromatic amines is 1. The Morgan fingerprint density at radius 1 is 1.32 bits per heavy atom. The van der Waals surface area contributed by atoms with Crippen molar-refractivity contribution in [3.8, 4) is 5.75 Å². The summed E-state index contributed by atoms with van der Waals surface area (Å²) in [5.74, 6) is -0.0182. The number of fused-ring (bicyclic) bond motifs is 1. The minimum Gasteiger partial charge on any atom is -0.483 e. The van der Waals surface area contributed by atoms with E-state index in [1.807, 2.05) is 18.2 Å². The van der Waals surface area contributed by atoms with Crippen molar-refractivity contribution < 1.29 is 14.6 Å². The van der Waals surface area contributed by atoms with E-state index < -0.39 is 5.97 Å². The number of rotatable bonds is 3. The first-order valence-corrected chi connectivity index (χ1v) is 8.60. The van der Waals surface area contributed by atoms with Gasteiger partial charge < -0.3 is 9.84 Å². The normalized spacial score (nSPS) is 23.0. The van der Waals surface area contributed by atoms with Crippen LogP contribution in [0.5, 0.6) is 5.75 Å². The number of H-pyrrole nitrogens is 1. The summed E-state index contributed by atoms with van der Waals surface area (Å²) in [4.78, 5) is 13.5. The largest absolute Gasteiger partial charge is 0.483 e. The Hall–Kier alpha value is -2.60. The maximum atomic E-state index is 11.2. The number of hydrogen-bond acceptors (Lipinski definition) is 4. The van der Waals surface area contributed by atoms with Gasteiger partial charge in [-0.25, -0.2) is 4.79 Å². The fourth-order valence-corrected chi connectivity index (χ4v) is 3.68. The molecule has 4 rings (SSSR count). The molecule has 3 heterocycles. The molecule has 0 amide bonds. The second kappa shape index (κ2) is 6.37. The van der Waals surface area contributed by atoms with Crippen molar-refractivity contribution in [2.45, 2.75) is 31.4 Å². The van der Waals surface area contributed by atoms with E-state index in [1.165, 1.54) is 0 Å². The standard InChI is InChI=1S/C19H21N3O3/c23-18(24)17-15(12-20-21-17)13-22-10-3-7-19(9-11-22)8-6-14-4-1-2-5-16(14)25-19/h1-2,4-6,8,12H,3,7,9-11,13H2,(H,20,21)(H,23,24). The van der Waals surface area contributed by atoms with Gasteiger partial charge in [-0.15, -0.1) is 0 Å². The topological polar surface area (TPSA) is 78.4 Å². The van der Waals surface area contributed by atoms with Gasteiger partial charge in [-0.05, 0) is 31.5 Å². The minimum atomic E-state index is -0.964. The predicted molar refractivity (Wildman–Crippen MR) is 93.5 cm³/mol. The second-order valence-corrected chi connectivity index (χ2v) is 6.74. The molecule has 1 unspecified atom stereocenters. The number of aromatic carboxylic acids is 1. The molecule has 1 aromatic carbocycles. The molecule has 0 radical (unpaired) electrons. The van der Waals surface area contributed by atoms with E-state index in [0.29, 0.717) is 6.54 Å². The third-order valence-electron chi connectivity index (χ3n) is 5.05. The minimum absolute atomic E-state index is 0.182. The van der Waals surface area contributed by atoms with E-state index >= 15 is 0 Å². The van der Waals surface area contributed by atoms with Crippen molar-refractivity contribution in [3.05, 3.63) is 53.4 Å². The zero-order valence-electron chi connectivity index (χ0n) is 13.9. The van der Waals surface area contributed by atoms with Crippen LogP contribution in [0.15, 0.2) is 36.5 Å². The molecule has 6 nitrogen and oxygen atoms in total. The SMILES string of the molecule is O=C(O)c1[nH]ncc1CN1CCCC2(C=Cc3ccccc3O2)CC1. The van der Waals surface area contributed by atoms with E-state index in [1.54, 1.807) is 6.20 Å². The molecule has 6 heteroatoms. The van der Waals surface area contributed by atoms with Gasteiger partial charge in [0.05, 0.1) is 6.20 Å². The van der Waals surface area contributed by atoms with Crippen molar-refractivity contribution in [1.29, 1.82) is 0 Å². The van der Waals surface area contributed by atoms with Crippen LogP contribution in [0.2, 0.25) is 0 Å². The first-order valence-electron chi connectivity index (χ1n) is 8.60. The van der Waals surface area contributed by atoms with Crippen LogP contribution in [-0.2, 0) is 6.54 Å². The number of aromatic nitrogens is 2. The smallest absolute Gasteiger partial charge is 0.354 e. The fourth-order valence-electron chi connectivity index (χ4n) is 3.68. The highest BCUT2D eigenvalue weighted by Crippen LogP contribution is 2.37. The van der Waals surface area contributed by atoms with Gasteiger partial charge >= 0.3 is 5.97 Å². The third kappa shape index (κ3) is 3.17. The first kappa shape index (κ1) is 15.9. The number of ether oxygens (including phenoxy) is 1. The lowest BCUT2D eigenvalue weighted by atomic mass is 9.91. The van der Waals surface area contributed by atoms with Gasteiger partial charge in [-0.3, -0.25) is 10.00 Å². The van der Waals surface area contributed by atoms with Gasteiger partial charge in [0.2, 0.25) is 0 Å². The molecule has 2 aromatic rings. The molecule has 1 fully saturated rings. The first-order chi connectivity index (χ1) is 12.2. The van der Waals surface area contributed by atoms with Gasteiger partial charge in [-0.2, -0.15) is 5.10 Å². The summed E-state index contributed by atoms with van der Waals surface area (Å²) in [6.07, 6.45) is 8.82. The highest BCUT2D eigenvalue weighted by Gasteiger charge is 2.35. The number of likely N-dealkylation sites (tertiary alicyclic amines) is 1. The zero-order valence-corrected chi connectivity index (χ0v) is 13.9. The van der Waals surface area contributed by atoms with E-state index in [9.17, 15) is 9.90 Å². The molecule has 1 atom stereocenters. The fraction of sp³-hybridized carbons (Fsp3) is 0.368. The lowest BCUT2D eigenvalue weighted by Gasteiger charge is -2.34. The van der Waals surface area contributed by atoms with Gasteiger partial charge in [0, 0.05) is 30.6 Å². The van der Waals surface area contributed by atoms with E-state index in [2.05, 4.69) is 33.3 Å². The molecular formula is C19H21N3O3. The zero-order chi connectivity index (χ0) is 17.3. The summed E-state index contributed by atoms with van der Waals surface area (Å²) >= 11 is 0. The Kier molecular flexibility index (Phi) is 4.05. The van der Waals surface area contributed by atoms with Gasteiger partial charge in [0.15, 0.2) is 0 Å². The van der Waals surface area contributed by atoms with Crippen molar-refractivity contribution >= 4 is 12.0 Å². The molecule has 2 aliphatic heterocycles. The van der Waals surface area contributed by atoms with Crippen LogP contribution < -0.4 is 4.74 Å². The van der Waals surface area contributed by atoms with Crippen molar-refractivity contribution in [2.75, 3.05) is 13.1 Å². The summed E-state index contributed by atoms with van der Waals surface area (Å²) in [7, 11) is 0. The molecular weight excluding hydrogens is 318 g/mol. The number of nitrogens with zero attached hydrogens (tertiary/aromatic N) is 2. The molecule has 0 saturated carbocycles. The summed E-state index contributed by atoms with van der Waals surface area (Å²) in [5.41, 5.74) is 1.78. The molecule has 2 N–H and O–H groups in total. The molecule has 25 heavy (non-hydrogen) atoms. The maximum absolute atomic E-state index is 11.2. The van der Waals surface area contributed by atoms with Crippen LogP contribution in [0.3, 0.4) is 0 Å². The highest BCUT2D eigenvalue weighted by molar-refractivity contribution is 5.86. The molecule has 1 saturated heterocycles. The lowest BCUT2D eigenvalue weighted by Crippen LogP contribution is -2.37. The van der Waals surface area contributed by atoms with E-state index in [4.69, 9.17) is 4.74 Å². The van der Waals surface area contributed by atoms with Crippen molar-refractivity contribution in [2.24, 2.45) is 0 Å². The third-order valence-corrected chi connectivity index (χ3v) is 5.05. The van der Waals surface area contributed by atoms with Gasteiger partial charge in [0.25, 0.3) is 0 Å². The summed E-state index contributed by atoms with van der Waals surface area (Å²) in [6, 6.07) is 8.10. The lowest BCUT2D eigenvalue weighted by molar-refractivity contribution is 0.0687. The molecule has 0 aliphatic carbocycles. The predicted octanol–water partition coefficient (Wildman–Crippen LogP) is 2.94. The Morgan fingerprint density at radius 2 is 2.20 bits per heavy atom. The van der Waals surface area contributed by atoms with Crippen molar-refractivity contribution in [3.63, 3.8) is 0 Å². The Labute approximate surface area is 146 Å². The number of hydrogen-bond donors (Lipinski definition) is 2. The van der Waals surface area contributed by atoms with E-state index in [0.717, 1.165) is 49.2 Å². The Bertz CT molecular complexity index is 814. The van der Waals surface area contributed by atoms with Crippen molar-refractivity contribution in [1.82, 2.24) is 15.1 Å². The van der Waals surface area contributed by atoms with Crippen LogP contribution >= 0.6 is 0 Å². The van der Waals surface area contributed by atoms with Crippen LogP contribution in [0.25, 0.3) is 6.08 Å². The average molecular weight is 339 g/mol. The molecule has 1 aromatic heterocycles. The number of para-hydroxylation sites is 1. The van der Waals surface area contributed by atoms with Crippen LogP contribution in [0, 0.1) is 0 Å². The maximum Gasteiger partial charge on any atom is 0.354 e. The van der Waals surface area contributed by atoms with Crippen LogP contribution in [-0.4, -0.2) is 44.9 Å². The van der Waals surface area contributed by atoms with Gasteiger partial charge in [-0.1, -0.05) is 24.3 Å². The van der Waals surface area contributed by atoms with Crippen LogP contribution in [0.4, 0.5) is 0 Å². The Balaban J connectivity index is 1.46. The summed E-state index contributed by atoms with van der Waals surface area (Å²) in [5, 5.41) is 15.7. The average Bonchev–Trinajstić information content (AvgIpc) is 2.99. The van der Waals surface area contributed by atoms with Gasteiger partial charge in [0.1, 0.15) is 17.0 Å². The number of carboxylic acids is 1. The number of carbonyl (C=O) groups is 1. The summed E-state index contributed by atoms with van der Waals surface area (Å²) < 4.78 is 6.36. The van der Waals surface area contributed by atoms with E-state index in [-0.39, 0.29) is 11.3 Å². The molecule has 0 bridgehead atoms. The van der Waals surface area contributed by atoms with Crippen LogP contribution in [0.1, 0.15) is 40.9 Å². The molecule has 1 spiro atoms.